The molecule has 0 bridgehead atoms. The van der Waals surface area contributed by atoms with E-state index in [0.29, 0.717) is 10.0 Å². The molecular weight excluding hydrogens is 296 g/mol. The molecule has 88 valence electrons. The summed E-state index contributed by atoms with van der Waals surface area (Å²) in [6, 6.07) is 6.98. The van der Waals surface area contributed by atoms with Gasteiger partial charge in [0.15, 0.2) is 9.84 Å². The van der Waals surface area contributed by atoms with Crippen LogP contribution in [0.1, 0.15) is 12.0 Å². The van der Waals surface area contributed by atoms with E-state index in [1.165, 1.54) is 0 Å². The van der Waals surface area contributed by atoms with E-state index in [4.69, 9.17) is 5.11 Å². The Balaban J connectivity index is 2.73. The van der Waals surface area contributed by atoms with E-state index in [1.54, 1.807) is 24.3 Å². The lowest BCUT2D eigenvalue weighted by Crippen LogP contribution is -2.13. The normalized spacial score (nSPS) is 11.3. The van der Waals surface area contributed by atoms with E-state index < -0.39 is 15.8 Å². The Bertz CT molecular complexity index is 481. The zero-order valence-electron chi connectivity index (χ0n) is 8.39. The Morgan fingerprint density at radius 3 is 2.50 bits per heavy atom. The number of sulfone groups is 1. The third-order valence-electron chi connectivity index (χ3n) is 1.96. The predicted molar refractivity (Wildman–Crippen MR) is 63.9 cm³/mol. The molecule has 0 amide bonds. The average Bonchev–Trinajstić information content (AvgIpc) is 2.19. The summed E-state index contributed by atoms with van der Waals surface area (Å²) in [5.41, 5.74) is 0.646. The highest BCUT2D eigenvalue weighted by Crippen LogP contribution is 2.18. The zero-order chi connectivity index (χ0) is 12.2. The molecule has 0 aliphatic carbocycles. The van der Waals surface area contributed by atoms with Gasteiger partial charge < -0.3 is 5.11 Å². The average molecular weight is 307 g/mol. The fourth-order valence-corrected chi connectivity index (χ4v) is 3.13. The summed E-state index contributed by atoms with van der Waals surface area (Å²) >= 11 is 3.25. The molecule has 0 unspecified atom stereocenters. The molecule has 0 heterocycles. The maximum Gasteiger partial charge on any atom is 0.304 e. The maximum absolute atomic E-state index is 11.6. The second-order valence-electron chi connectivity index (χ2n) is 3.33. The molecule has 0 saturated carbocycles. The van der Waals surface area contributed by atoms with Crippen LogP contribution in [0.15, 0.2) is 28.7 Å². The van der Waals surface area contributed by atoms with Crippen LogP contribution < -0.4 is 0 Å². The first-order chi connectivity index (χ1) is 7.41. The Kier molecular flexibility index (Phi) is 4.49. The van der Waals surface area contributed by atoms with E-state index in [2.05, 4.69) is 15.9 Å². The van der Waals surface area contributed by atoms with Gasteiger partial charge in [0, 0.05) is 4.47 Å². The van der Waals surface area contributed by atoms with Gasteiger partial charge in [-0.1, -0.05) is 34.1 Å². The van der Waals surface area contributed by atoms with Crippen LogP contribution in [0.5, 0.6) is 0 Å². The zero-order valence-corrected chi connectivity index (χ0v) is 10.8. The number of hydrogen-bond donors (Lipinski definition) is 1. The fraction of sp³-hybridized carbons (Fsp3) is 0.300. The van der Waals surface area contributed by atoms with Crippen molar-refractivity contribution in [3.63, 3.8) is 0 Å². The summed E-state index contributed by atoms with van der Waals surface area (Å²) in [6.45, 7) is 0. The number of benzene rings is 1. The first-order valence-corrected chi connectivity index (χ1v) is 7.18. The van der Waals surface area contributed by atoms with E-state index in [-0.39, 0.29) is 17.9 Å². The first kappa shape index (κ1) is 13.2. The van der Waals surface area contributed by atoms with Gasteiger partial charge in [0.25, 0.3) is 0 Å². The summed E-state index contributed by atoms with van der Waals surface area (Å²) in [6.07, 6.45) is -0.354. The lowest BCUT2D eigenvalue weighted by molar-refractivity contribution is -0.136. The van der Waals surface area contributed by atoms with Crippen molar-refractivity contribution < 1.29 is 18.3 Å². The molecule has 0 spiro atoms. The van der Waals surface area contributed by atoms with Crippen molar-refractivity contribution in [2.24, 2.45) is 0 Å². The van der Waals surface area contributed by atoms with E-state index >= 15 is 0 Å². The van der Waals surface area contributed by atoms with E-state index in [1.807, 2.05) is 0 Å². The third-order valence-corrected chi connectivity index (χ3v) is 4.31. The number of halogens is 1. The van der Waals surface area contributed by atoms with Crippen LogP contribution in [0.25, 0.3) is 0 Å². The summed E-state index contributed by atoms with van der Waals surface area (Å²) < 4.78 is 23.9. The molecule has 0 atom stereocenters. The highest BCUT2D eigenvalue weighted by atomic mass is 79.9. The van der Waals surface area contributed by atoms with Crippen molar-refractivity contribution in [2.75, 3.05) is 5.75 Å². The molecule has 0 aliphatic rings. The monoisotopic (exact) mass is 306 g/mol. The smallest absolute Gasteiger partial charge is 0.304 e. The van der Waals surface area contributed by atoms with Crippen molar-refractivity contribution in [1.29, 1.82) is 0 Å². The maximum atomic E-state index is 11.6. The van der Waals surface area contributed by atoms with Crippen molar-refractivity contribution in [3.05, 3.63) is 34.3 Å². The Labute approximate surface area is 102 Å². The number of carboxylic acid groups (broad SMARTS) is 1. The molecular formula is C10H11BrO4S. The molecule has 0 saturated heterocycles. The van der Waals surface area contributed by atoms with Crippen molar-refractivity contribution in [3.8, 4) is 0 Å². The molecule has 1 aromatic carbocycles. The standard InChI is InChI=1S/C10H11BrO4S/c11-9-4-2-1-3-8(9)7-16(14,15)6-5-10(12)13/h1-4H,5-7H2,(H,12,13). The summed E-state index contributed by atoms with van der Waals surface area (Å²) in [5.74, 6) is -1.57. The first-order valence-electron chi connectivity index (χ1n) is 4.56. The molecule has 1 aromatic rings. The van der Waals surface area contributed by atoms with Gasteiger partial charge in [-0.2, -0.15) is 0 Å². The van der Waals surface area contributed by atoms with Gasteiger partial charge in [-0.3, -0.25) is 4.79 Å². The van der Waals surface area contributed by atoms with Gasteiger partial charge in [0.1, 0.15) is 0 Å². The summed E-state index contributed by atoms with van der Waals surface area (Å²) in [7, 11) is -3.36. The van der Waals surface area contributed by atoms with Gasteiger partial charge in [0.2, 0.25) is 0 Å². The number of carbonyl (C=O) groups is 1. The number of hydrogen-bond acceptors (Lipinski definition) is 3. The highest BCUT2D eigenvalue weighted by Gasteiger charge is 2.15. The van der Waals surface area contributed by atoms with Gasteiger partial charge in [-0.15, -0.1) is 0 Å². The van der Waals surface area contributed by atoms with Gasteiger partial charge in [0.05, 0.1) is 17.9 Å². The third kappa shape index (κ3) is 4.32. The van der Waals surface area contributed by atoms with E-state index in [0.717, 1.165) is 0 Å². The molecule has 4 nitrogen and oxygen atoms in total. The topological polar surface area (TPSA) is 71.4 Å². The molecule has 0 fully saturated rings. The second kappa shape index (κ2) is 5.45. The summed E-state index contributed by atoms with van der Waals surface area (Å²) in [4.78, 5) is 10.3. The summed E-state index contributed by atoms with van der Waals surface area (Å²) in [5, 5.41) is 8.42. The molecule has 1 rings (SSSR count). The number of rotatable bonds is 5. The minimum Gasteiger partial charge on any atom is -0.481 e. The van der Waals surface area contributed by atoms with Gasteiger partial charge in [-0.25, -0.2) is 8.42 Å². The second-order valence-corrected chi connectivity index (χ2v) is 6.37. The van der Waals surface area contributed by atoms with Crippen molar-refractivity contribution in [2.45, 2.75) is 12.2 Å². The SMILES string of the molecule is O=C(O)CCS(=O)(=O)Cc1ccccc1Br. The predicted octanol–water partition coefficient (Wildman–Crippen LogP) is 1.84. The molecule has 16 heavy (non-hydrogen) atoms. The van der Waals surface area contributed by atoms with Gasteiger partial charge >= 0.3 is 5.97 Å². The number of aliphatic carboxylic acids is 1. The van der Waals surface area contributed by atoms with Crippen molar-refractivity contribution in [1.82, 2.24) is 0 Å². The molecule has 0 aromatic heterocycles. The quantitative estimate of drug-likeness (QED) is 0.901. The van der Waals surface area contributed by atoms with Crippen LogP contribution in [-0.2, 0) is 20.4 Å². The van der Waals surface area contributed by atoms with Crippen LogP contribution in [0, 0.1) is 0 Å². The van der Waals surface area contributed by atoms with Crippen LogP contribution >= 0.6 is 15.9 Å². The Morgan fingerprint density at radius 1 is 1.31 bits per heavy atom. The fourth-order valence-electron chi connectivity index (χ4n) is 1.17. The Hall–Kier alpha value is -0.880. The largest absolute Gasteiger partial charge is 0.481 e. The number of carboxylic acids is 1. The van der Waals surface area contributed by atoms with Crippen molar-refractivity contribution >= 4 is 31.7 Å². The molecule has 0 aliphatic heterocycles. The molecule has 0 radical (unpaired) electrons. The lowest BCUT2D eigenvalue weighted by Gasteiger charge is -2.04. The minimum absolute atomic E-state index is 0.137. The van der Waals surface area contributed by atoms with Crippen LogP contribution in [0.2, 0.25) is 0 Å². The highest BCUT2D eigenvalue weighted by molar-refractivity contribution is 9.10. The molecule has 1 N–H and O–H groups in total. The van der Waals surface area contributed by atoms with Crippen LogP contribution in [0.4, 0.5) is 0 Å². The lowest BCUT2D eigenvalue weighted by atomic mass is 10.2. The van der Waals surface area contributed by atoms with Crippen LogP contribution in [0.3, 0.4) is 0 Å². The minimum atomic E-state index is -3.36. The van der Waals surface area contributed by atoms with Gasteiger partial charge in [-0.05, 0) is 11.6 Å². The Morgan fingerprint density at radius 2 is 1.94 bits per heavy atom. The molecule has 6 heteroatoms. The van der Waals surface area contributed by atoms with Crippen LogP contribution in [-0.4, -0.2) is 25.2 Å². The van der Waals surface area contributed by atoms with E-state index in [9.17, 15) is 13.2 Å².